The van der Waals surface area contributed by atoms with Crippen LogP contribution in [0.2, 0.25) is 0 Å². The van der Waals surface area contributed by atoms with E-state index in [0.29, 0.717) is 29.4 Å². The van der Waals surface area contributed by atoms with E-state index >= 15 is 0 Å². The molecule has 7 heteroatoms. The van der Waals surface area contributed by atoms with Gasteiger partial charge in [-0.15, -0.1) is 6.58 Å². The van der Waals surface area contributed by atoms with Crippen LogP contribution in [0.5, 0.6) is 0 Å². The summed E-state index contributed by atoms with van der Waals surface area (Å²) in [7, 11) is 0. The maximum atomic E-state index is 5.38. The fourth-order valence-corrected chi connectivity index (χ4v) is 4.44. The average molecular weight is 403 g/mol. The molecule has 3 rings (SSSR count). The molecule has 28 heavy (non-hydrogen) atoms. The molecule has 0 unspecified atom stereocenters. The van der Waals surface area contributed by atoms with Gasteiger partial charge in [-0.3, -0.25) is 0 Å². The van der Waals surface area contributed by atoms with Gasteiger partial charge in [-0.2, -0.15) is 9.97 Å². The highest BCUT2D eigenvalue weighted by Crippen LogP contribution is 2.29. The molecular weight excluding hydrogens is 368 g/mol. The highest BCUT2D eigenvalue weighted by Gasteiger charge is 2.24. The Kier molecular flexibility index (Phi) is 7.48. The third-order valence-electron chi connectivity index (χ3n) is 5.45. The van der Waals surface area contributed by atoms with Gasteiger partial charge in [0.05, 0.1) is 0 Å². The Bertz CT molecular complexity index is 661. The summed E-state index contributed by atoms with van der Waals surface area (Å²) < 4.78 is 0. The predicted octanol–water partition coefficient (Wildman–Crippen LogP) is 3.81. The second kappa shape index (κ2) is 10.0. The van der Waals surface area contributed by atoms with E-state index in [1.54, 1.807) is 6.08 Å². The number of aromatic nitrogens is 2. The van der Waals surface area contributed by atoms with Gasteiger partial charge >= 0.3 is 0 Å². The molecule has 0 amide bonds. The van der Waals surface area contributed by atoms with Crippen molar-refractivity contribution < 1.29 is 0 Å². The van der Waals surface area contributed by atoms with Crippen molar-refractivity contribution in [2.75, 3.05) is 47.8 Å². The zero-order valence-corrected chi connectivity index (χ0v) is 18.1. The quantitative estimate of drug-likeness (QED) is 0.574. The van der Waals surface area contributed by atoms with E-state index in [9.17, 15) is 0 Å². The second-order valence-electron chi connectivity index (χ2n) is 8.28. The number of piperidine rings is 1. The summed E-state index contributed by atoms with van der Waals surface area (Å²) in [5.41, 5.74) is 0. The molecule has 2 fully saturated rings. The van der Waals surface area contributed by atoms with Gasteiger partial charge in [0.15, 0.2) is 5.11 Å². The Morgan fingerprint density at radius 1 is 1.11 bits per heavy atom. The summed E-state index contributed by atoms with van der Waals surface area (Å²) in [6.45, 7) is 13.2. The first-order valence-electron chi connectivity index (χ1n) is 10.6. The van der Waals surface area contributed by atoms with Crippen LogP contribution in [0, 0.1) is 11.8 Å². The Morgan fingerprint density at radius 2 is 1.71 bits per heavy atom. The molecule has 1 aromatic heterocycles. The smallest absolute Gasteiger partial charge is 0.232 e. The molecule has 2 atom stereocenters. The van der Waals surface area contributed by atoms with Crippen molar-refractivity contribution in [3.63, 3.8) is 0 Å². The number of rotatable bonds is 5. The molecule has 0 spiro atoms. The number of thiocarbonyl (C=S) groups is 1. The van der Waals surface area contributed by atoms with Gasteiger partial charge in [0.1, 0.15) is 11.6 Å². The number of nitrogens with zero attached hydrogens (tertiary/aromatic N) is 4. The lowest BCUT2D eigenvalue weighted by Crippen LogP contribution is -2.39. The van der Waals surface area contributed by atoms with E-state index in [1.165, 1.54) is 32.1 Å². The van der Waals surface area contributed by atoms with Crippen LogP contribution in [0.3, 0.4) is 0 Å². The lowest BCUT2D eigenvalue weighted by atomic mass is 9.92. The highest BCUT2D eigenvalue weighted by atomic mass is 32.1. The lowest BCUT2D eigenvalue weighted by Gasteiger charge is -2.36. The van der Waals surface area contributed by atoms with Gasteiger partial charge in [0.2, 0.25) is 5.95 Å². The first kappa shape index (κ1) is 20.8. The maximum Gasteiger partial charge on any atom is 0.232 e. The average Bonchev–Trinajstić information content (AvgIpc) is 2.95. The summed E-state index contributed by atoms with van der Waals surface area (Å²) in [6, 6.07) is 2.17. The predicted molar refractivity (Wildman–Crippen MR) is 122 cm³/mol. The van der Waals surface area contributed by atoms with E-state index in [2.05, 4.69) is 46.9 Å². The van der Waals surface area contributed by atoms with Crippen LogP contribution in [0.4, 0.5) is 17.6 Å². The zero-order chi connectivity index (χ0) is 19.9. The zero-order valence-electron chi connectivity index (χ0n) is 17.3. The summed E-state index contributed by atoms with van der Waals surface area (Å²) in [5.74, 6) is 3.93. The molecule has 2 saturated heterocycles. The van der Waals surface area contributed by atoms with Crippen LogP contribution in [0.25, 0.3) is 0 Å². The topological polar surface area (TPSA) is 56.3 Å². The number of hydrogen-bond acceptors (Lipinski definition) is 5. The van der Waals surface area contributed by atoms with Gasteiger partial charge in [-0.25, -0.2) is 0 Å². The van der Waals surface area contributed by atoms with Crippen LogP contribution in [-0.2, 0) is 0 Å². The summed E-state index contributed by atoms with van der Waals surface area (Å²) >= 11 is 5.38. The monoisotopic (exact) mass is 402 g/mol. The van der Waals surface area contributed by atoms with E-state index < -0.39 is 0 Å². The molecule has 0 aliphatic carbocycles. The van der Waals surface area contributed by atoms with Crippen LogP contribution >= 0.6 is 12.2 Å². The third kappa shape index (κ3) is 5.80. The Morgan fingerprint density at radius 3 is 2.32 bits per heavy atom. The minimum absolute atomic E-state index is 0.527. The van der Waals surface area contributed by atoms with Crippen molar-refractivity contribution in [2.24, 2.45) is 11.8 Å². The molecule has 0 radical (unpaired) electrons. The first-order valence-corrected chi connectivity index (χ1v) is 11.0. The molecule has 6 nitrogen and oxygen atoms in total. The van der Waals surface area contributed by atoms with Gasteiger partial charge in [-0.05, 0) is 43.3 Å². The SMILES string of the molecule is C=CCNC(=S)Nc1nc(N2CCCCCC2)cc(N2C[C@@H](C)C[C@H](C)C2)n1. The van der Waals surface area contributed by atoms with E-state index in [4.69, 9.17) is 22.2 Å². The van der Waals surface area contributed by atoms with Crippen LogP contribution in [-0.4, -0.2) is 47.8 Å². The largest absolute Gasteiger partial charge is 0.359 e. The number of anilines is 3. The van der Waals surface area contributed by atoms with Gasteiger partial charge < -0.3 is 20.4 Å². The van der Waals surface area contributed by atoms with Crippen molar-refractivity contribution in [2.45, 2.75) is 46.0 Å². The van der Waals surface area contributed by atoms with Crippen molar-refractivity contribution in [1.82, 2.24) is 15.3 Å². The lowest BCUT2D eigenvalue weighted by molar-refractivity contribution is 0.355. The molecule has 0 bridgehead atoms. The van der Waals surface area contributed by atoms with Gasteiger partial charge in [0.25, 0.3) is 0 Å². The van der Waals surface area contributed by atoms with Crippen molar-refractivity contribution >= 4 is 34.9 Å². The van der Waals surface area contributed by atoms with Crippen molar-refractivity contribution in [3.05, 3.63) is 18.7 Å². The van der Waals surface area contributed by atoms with Crippen LogP contribution in [0.15, 0.2) is 18.7 Å². The van der Waals surface area contributed by atoms with Crippen LogP contribution < -0.4 is 20.4 Å². The highest BCUT2D eigenvalue weighted by molar-refractivity contribution is 7.80. The van der Waals surface area contributed by atoms with Crippen molar-refractivity contribution in [1.29, 1.82) is 0 Å². The molecule has 2 aliphatic rings. The molecule has 0 saturated carbocycles. The number of hydrogen-bond donors (Lipinski definition) is 2. The van der Waals surface area contributed by atoms with E-state index in [1.807, 2.05) is 0 Å². The minimum Gasteiger partial charge on any atom is -0.359 e. The maximum absolute atomic E-state index is 5.38. The van der Waals surface area contributed by atoms with Gasteiger partial charge in [0, 0.05) is 38.8 Å². The Balaban J connectivity index is 1.86. The standard InChI is InChI=1S/C21H34N6S/c1-4-9-22-21(28)25-20-23-18(26-10-7-5-6-8-11-26)13-19(24-20)27-14-16(2)12-17(3)15-27/h4,13,16-17H,1,5-12,14-15H2,2-3H3,(H2,22,23,24,25,28)/t16-,17-/m0/s1. The Labute approximate surface area is 174 Å². The van der Waals surface area contributed by atoms with Gasteiger partial charge in [-0.1, -0.05) is 32.8 Å². The molecular formula is C21H34N6S. The van der Waals surface area contributed by atoms with Crippen LogP contribution in [0.1, 0.15) is 46.0 Å². The first-order chi connectivity index (χ1) is 13.5. The number of nitrogens with one attached hydrogen (secondary N) is 2. The molecule has 3 heterocycles. The fraction of sp³-hybridized carbons (Fsp3) is 0.667. The molecule has 154 valence electrons. The molecule has 2 N–H and O–H groups in total. The molecule has 0 aromatic carbocycles. The summed E-state index contributed by atoms with van der Waals surface area (Å²) in [5, 5.41) is 6.80. The summed E-state index contributed by atoms with van der Waals surface area (Å²) in [6.07, 6.45) is 8.11. The molecule has 1 aromatic rings. The van der Waals surface area contributed by atoms with Crippen molar-refractivity contribution in [3.8, 4) is 0 Å². The molecule has 2 aliphatic heterocycles. The Hall–Kier alpha value is -1.89. The van der Waals surface area contributed by atoms with E-state index in [-0.39, 0.29) is 0 Å². The fourth-order valence-electron chi connectivity index (χ4n) is 4.26. The summed E-state index contributed by atoms with van der Waals surface area (Å²) in [4.78, 5) is 14.4. The third-order valence-corrected chi connectivity index (χ3v) is 5.70. The van der Waals surface area contributed by atoms with E-state index in [0.717, 1.165) is 37.8 Å². The second-order valence-corrected chi connectivity index (χ2v) is 8.69. The minimum atomic E-state index is 0.527. The normalized spacial score (nSPS) is 23.1.